The van der Waals surface area contributed by atoms with Gasteiger partial charge in [-0.25, -0.2) is 9.13 Å². The van der Waals surface area contributed by atoms with Crippen LogP contribution in [0.4, 0.5) is 0 Å². The molecule has 19 heteroatoms. The lowest BCUT2D eigenvalue weighted by atomic mass is 10.0. The smallest absolute Gasteiger partial charge is 0.462 e. The van der Waals surface area contributed by atoms with E-state index in [9.17, 15) is 43.2 Å². The van der Waals surface area contributed by atoms with E-state index in [-0.39, 0.29) is 25.7 Å². The molecule has 0 aromatic carbocycles. The molecule has 0 amide bonds. The third kappa shape index (κ3) is 79.0. The monoisotopic (exact) mass is 1550 g/mol. The predicted molar refractivity (Wildman–Crippen MR) is 445 cm³/mol. The summed E-state index contributed by atoms with van der Waals surface area (Å²) in [6.45, 7) is 4.52. The number of ether oxygens (including phenoxy) is 4. The maximum absolute atomic E-state index is 13.1. The molecule has 0 fully saturated rings. The first-order valence-electron chi connectivity index (χ1n) is 42.1. The maximum atomic E-state index is 13.1. The van der Waals surface area contributed by atoms with Crippen LogP contribution >= 0.6 is 15.6 Å². The number of phosphoric acid groups is 2. The number of hydrogen-bond acceptors (Lipinski definition) is 15. The average molecular weight is 1550 g/mol. The van der Waals surface area contributed by atoms with Crippen LogP contribution in [0.15, 0.2) is 146 Å². The number of aliphatic hydroxyl groups is 1. The van der Waals surface area contributed by atoms with Crippen LogP contribution < -0.4 is 0 Å². The van der Waals surface area contributed by atoms with Crippen LogP contribution in [-0.4, -0.2) is 96.7 Å². The zero-order chi connectivity index (χ0) is 78.9. The molecule has 0 saturated heterocycles. The zero-order valence-corrected chi connectivity index (χ0v) is 69.5. The molecule has 5 atom stereocenters. The van der Waals surface area contributed by atoms with Gasteiger partial charge in [-0.05, 0) is 103 Å². The summed E-state index contributed by atoms with van der Waals surface area (Å²) >= 11 is 0. The van der Waals surface area contributed by atoms with Crippen molar-refractivity contribution in [3.05, 3.63) is 146 Å². The van der Waals surface area contributed by atoms with E-state index in [0.29, 0.717) is 38.5 Å². The van der Waals surface area contributed by atoms with Crippen LogP contribution in [0.1, 0.15) is 336 Å². The van der Waals surface area contributed by atoms with Crippen molar-refractivity contribution in [1.82, 2.24) is 0 Å². The van der Waals surface area contributed by atoms with Crippen molar-refractivity contribution in [3.63, 3.8) is 0 Å². The molecule has 0 aliphatic heterocycles. The van der Waals surface area contributed by atoms with E-state index in [4.69, 9.17) is 37.0 Å². The highest BCUT2D eigenvalue weighted by atomic mass is 31.2. The van der Waals surface area contributed by atoms with Gasteiger partial charge in [-0.3, -0.25) is 37.3 Å². The molecular formula is C89H150O17P2. The van der Waals surface area contributed by atoms with Gasteiger partial charge in [-0.15, -0.1) is 0 Å². The molecule has 2 unspecified atom stereocenters. The van der Waals surface area contributed by atoms with Gasteiger partial charge >= 0.3 is 39.5 Å². The second kappa shape index (κ2) is 80.0. The fourth-order valence-corrected chi connectivity index (χ4v) is 12.6. The summed E-state index contributed by atoms with van der Waals surface area (Å²) in [6, 6.07) is 0. The summed E-state index contributed by atoms with van der Waals surface area (Å²) in [5, 5.41) is 10.7. The van der Waals surface area contributed by atoms with Gasteiger partial charge in [0.2, 0.25) is 0 Å². The van der Waals surface area contributed by atoms with Crippen molar-refractivity contribution in [3.8, 4) is 0 Å². The van der Waals surface area contributed by atoms with Crippen LogP contribution in [0.25, 0.3) is 0 Å². The zero-order valence-electron chi connectivity index (χ0n) is 67.7. The van der Waals surface area contributed by atoms with E-state index in [0.717, 1.165) is 116 Å². The van der Waals surface area contributed by atoms with Gasteiger partial charge in [0.15, 0.2) is 12.2 Å². The summed E-state index contributed by atoms with van der Waals surface area (Å²) in [4.78, 5) is 73.1. The number of unbranched alkanes of at least 4 members (excludes halogenated alkanes) is 28. The molecule has 17 nitrogen and oxygen atoms in total. The van der Waals surface area contributed by atoms with E-state index >= 15 is 0 Å². The van der Waals surface area contributed by atoms with Gasteiger partial charge in [0, 0.05) is 25.7 Å². The summed E-state index contributed by atoms with van der Waals surface area (Å²) in [6.07, 6.45) is 92.8. The number of phosphoric ester groups is 2. The van der Waals surface area contributed by atoms with Gasteiger partial charge in [0.25, 0.3) is 0 Å². The molecule has 618 valence electrons. The molecule has 0 heterocycles. The van der Waals surface area contributed by atoms with Gasteiger partial charge in [-0.1, -0.05) is 353 Å². The second-order valence-electron chi connectivity index (χ2n) is 27.7. The first kappa shape index (κ1) is 103. The Hall–Kier alpha value is -5.06. The number of rotatable bonds is 78. The summed E-state index contributed by atoms with van der Waals surface area (Å²) in [5.74, 6) is -2.36. The summed E-state index contributed by atoms with van der Waals surface area (Å²) in [5.41, 5.74) is 0. The topological polar surface area (TPSA) is 237 Å². The van der Waals surface area contributed by atoms with E-state index in [1.807, 2.05) is 36.5 Å². The first-order chi connectivity index (χ1) is 52.7. The Balaban J connectivity index is 5.49. The van der Waals surface area contributed by atoms with E-state index < -0.39 is 97.5 Å². The van der Waals surface area contributed by atoms with Crippen molar-refractivity contribution < 1.29 is 80.2 Å². The minimum absolute atomic E-state index is 0.0329. The first-order valence-corrected chi connectivity index (χ1v) is 45.1. The molecule has 0 aliphatic rings. The number of esters is 4. The Bertz CT molecular complexity index is 2610. The predicted octanol–water partition coefficient (Wildman–Crippen LogP) is 25.0. The Labute approximate surface area is 656 Å². The van der Waals surface area contributed by atoms with Crippen molar-refractivity contribution in [2.75, 3.05) is 39.6 Å². The minimum atomic E-state index is -5.01. The SMILES string of the molecule is CC/C=C\C/C=C\C/C=C\C/C=C\C/C=C\C/C=C\CCC(=O)OC[C@H](COP(=O)(O)OC[C@@H](O)COP(=O)(O)OC[C@@H](COC(=O)CCCCCCCCCCCCCCCCC)OC(=O)CC/C=C\C/C=C\C/C=C\C/C=C\C/C=C\C/C=C\CC)OC(=O)CCCCCCCCCCCCCCCCC. The van der Waals surface area contributed by atoms with Crippen molar-refractivity contribution in [1.29, 1.82) is 0 Å². The third-order valence-electron chi connectivity index (χ3n) is 17.4. The molecule has 0 aromatic rings. The lowest BCUT2D eigenvalue weighted by Crippen LogP contribution is -2.30. The Morgan fingerprint density at radius 3 is 0.759 bits per heavy atom. The lowest BCUT2D eigenvalue weighted by Gasteiger charge is -2.21. The van der Waals surface area contributed by atoms with E-state index in [2.05, 4.69) is 137 Å². The molecule has 108 heavy (non-hydrogen) atoms. The standard InChI is InChI=1S/C89H150O17P2/c1-5-9-13-17-21-25-29-33-37-39-41-43-47-50-54-58-62-66-70-74-87(92)100-80-84(105-88(93)75-71-67-63-59-55-51-46-36-32-28-24-20-16-12-8-4)81-103-107(95,96)101-77-83(90)78-102-108(97,98)104-82-85(79-99-86(91)73-69-65-61-57-53-49-45-35-31-27-23-19-15-11-7-3)106-89(94)76-72-68-64-60-56-52-48-44-42-40-38-34-30-26-22-18-14-10-6-2/h9-10,13-14,21-22,25-26,33-34,37-38,41-44,50,52,54,56,62,64,66,68,83-85,90H,5-8,11-12,15-20,23-24,27-32,35-36,39-40,45-49,51,53,55,57-61,63,65,67,69-82H2,1-4H3,(H,95,96)(H,97,98)/b13-9-,14-10-,25-21-,26-22-,37-33-,38-34-,43-41-,44-42-,54-50-,56-52-,66-62-,68-64-/t83-,84-,85-/m1/s1. The fourth-order valence-electron chi connectivity index (χ4n) is 11.0. The minimum Gasteiger partial charge on any atom is -0.462 e. The molecule has 0 bridgehead atoms. The molecule has 0 aromatic heterocycles. The molecule has 0 spiro atoms. The summed E-state index contributed by atoms with van der Waals surface area (Å²) in [7, 11) is -10.0. The number of aliphatic hydroxyl groups excluding tert-OH is 1. The van der Waals surface area contributed by atoms with Gasteiger partial charge in [0.05, 0.1) is 26.4 Å². The normalized spacial score (nSPS) is 14.5. The van der Waals surface area contributed by atoms with Crippen LogP contribution in [0.3, 0.4) is 0 Å². The van der Waals surface area contributed by atoms with E-state index in [1.54, 1.807) is 0 Å². The van der Waals surface area contributed by atoms with Crippen LogP contribution in [0.5, 0.6) is 0 Å². The van der Waals surface area contributed by atoms with Crippen LogP contribution in [0.2, 0.25) is 0 Å². The van der Waals surface area contributed by atoms with Crippen LogP contribution in [0, 0.1) is 0 Å². The Morgan fingerprint density at radius 2 is 0.481 bits per heavy atom. The van der Waals surface area contributed by atoms with Gasteiger partial charge in [-0.2, -0.15) is 0 Å². The maximum Gasteiger partial charge on any atom is 0.472 e. The highest BCUT2D eigenvalue weighted by Gasteiger charge is 2.30. The number of hydrogen-bond donors (Lipinski definition) is 3. The largest absolute Gasteiger partial charge is 0.472 e. The highest BCUT2D eigenvalue weighted by Crippen LogP contribution is 2.45. The third-order valence-corrected chi connectivity index (χ3v) is 19.3. The number of allylic oxidation sites excluding steroid dienone is 24. The summed E-state index contributed by atoms with van der Waals surface area (Å²) < 4.78 is 68.6. The van der Waals surface area contributed by atoms with Gasteiger partial charge < -0.3 is 33.8 Å². The molecule has 3 N–H and O–H groups in total. The van der Waals surface area contributed by atoms with E-state index in [1.165, 1.54) is 128 Å². The van der Waals surface area contributed by atoms with Crippen molar-refractivity contribution >= 4 is 39.5 Å². The second-order valence-corrected chi connectivity index (χ2v) is 30.6. The molecule has 0 rings (SSSR count). The fraction of sp³-hybridized carbons (Fsp3) is 0.685. The molecular weight excluding hydrogens is 1400 g/mol. The average Bonchev–Trinajstić information content (AvgIpc) is 0.914. The molecule has 0 radical (unpaired) electrons. The quantitative estimate of drug-likeness (QED) is 0.0169. The lowest BCUT2D eigenvalue weighted by molar-refractivity contribution is -0.161. The molecule has 0 saturated carbocycles. The highest BCUT2D eigenvalue weighted by molar-refractivity contribution is 7.47. The molecule has 0 aliphatic carbocycles. The van der Waals surface area contributed by atoms with Crippen molar-refractivity contribution in [2.45, 2.75) is 354 Å². The number of carbonyl (C=O) groups excluding carboxylic acids is 4. The van der Waals surface area contributed by atoms with Gasteiger partial charge in [0.1, 0.15) is 19.3 Å². The number of carbonyl (C=O) groups is 4. The van der Waals surface area contributed by atoms with Crippen LogP contribution in [-0.2, 0) is 65.4 Å². The van der Waals surface area contributed by atoms with Crippen molar-refractivity contribution in [2.24, 2.45) is 0 Å². The Kier molecular flexibility index (Phi) is 76.3. The Morgan fingerprint density at radius 1 is 0.269 bits per heavy atom.